The number of thioether (sulfide) groups is 1. The van der Waals surface area contributed by atoms with E-state index >= 15 is 0 Å². The Morgan fingerprint density at radius 2 is 2.20 bits per heavy atom. The van der Waals surface area contributed by atoms with Gasteiger partial charge in [0.2, 0.25) is 0 Å². The number of ether oxygens (including phenoxy) is 1. The van der Waals surface area contributed by atoms with Crippen molar-refractivity contribution in [3.63, 3.8) is 0 Å². The van der Waals surface area contributed by atoms with Gasteiger partial charge in [-0.05, 0) is 38.4 Å². The van der Waals surface area contributed by atoms with E-state index in [1.165, 1.54) is 18.6 Å². The van der Waals surface area contributed by atoms with Gasteiger partial charge in [-0.25, -0.2) is 0 Å². The van der Waals surface area contributed by atoms with Crippen molar-refractivity contribution in [3.8, 4) is 0 Å². The predicted molar refractivity (Wildman–Crippen MR) is 121 cm³/mol. The Labute approximate surface area is 175 Å². The predicted octanol–water partition coefficient (Wildman–Crippen LogP) is 2.80. The Morgan fingerprint density at radius 3 is 2.84 bits per heavy atom. The van der Waals surface area contributed by atoms with Crippen molar-refractivity contribution in [2.75, 3.05) is 51.6 Å². The molecule has 2 rings (SSSR count). The first-order chi connectivity index (χ1) is 11.5. The Morgan fingerprint density at radius 1 is 1.40 bits per heavy atom. The second kappa shape index (κ2) is 11.9. The van der Waals surface area contributed by atoms with Crippen LogP contribution >= 0.6 is 35.7 Å². The Kier molecular flexibility index (Phi) is 11.1. The molecule has 148 valence electrons. The summed E-state index contributed by atoms with van der Waals surface area (Å²) in [4.78, 5) is 7.34. The number of nitrogens with zero attached hydrogens (tertiary/aromatic N) is 2. The van der Waals surface area contributed by atoms with Crippen LogP contribution in [0, 0.1) is 5.92 Å². The zero-order valence-corrected chi connectivity index (χ0v) is 19.5. The standard InChI is InChI=1S/C18H36N4OS.HI/c1-5-19-17(21-14-18(4)7-6-10-24-18)20-11-16-13-22(8-9-23-16)12-15(2)3;/h15-16H,5-14H2,1-4H3,(H2,19,20,21);1H. The molecule has 0 aromatic heterocycles. The number of rotatable bonds is 7. The van der Waals surface area contributed by atoms with Gasteiger partial charge in [0.15, 0.2) is 5.96 Å². The lowest BCUT2D eigenvalue weighted by Gasteiger charge is -2.34. The van der Waals surface area contributed by atoms with Crippen molar-refractivity contribution < 1.29 is 4.74 Å². The fourth-order valence-electron chi connectivity index (χ4n) is 3.35. The van der Waals surface area contributed by atoms with Crippen LogP contribution < -0.4 is 10.6 Å². The molecule has 2 heterocycles. The van der Waals surface area contributed by atoms with Crippen LogP contribution in [-0.4, -0.2) is 73.3 Å². The number of aliphatic imine (C=N–C) groups is 1. The summed E-state index contributed by atoms with van der Waals surface area (Å²) in [5.74, 6) is 2.91. The summed E-state index contributed by atoms with van der Waals surface area (Å²) < 4.78 is 6.24. The minimum atomic E-state index is 0. The van der Waals surface area contributed by atoms with Gasteiger partial charge in [0.1, 0.15) is 0 Å². The summed E-state index contributed by atoms with van der Waals surface area (Å²) in [6.07, 6.45) is 2.84. The average Bonchev–Trinajstić information content (AvgIpc) is 2.97. The first-order valence-electron chi connectivity index (χ1n) is 9.51. The highest BCUT2D eigenvalue weighted by molar-refractivity contribution is 14.0. The molecule has 0 aliphatic carbocycles. The van der Waals surface area contributed by atoms with Crippen LogP contribution in [-0.2, 0) is 4.74 Å². The third-order valence-electron chi connectivity index (χ3n) is 4.56. The average molecular weight is 484 g/mol. The molecule has 2 unspecified atom stereocenters. The molecular weight excluding hydrogens is 447 g/mol. The van der Waals surface area contributed by atoms with Gasteiger partial charge in [0, 0.05) is 37.5 Å². The third kappa shape index (κ3) is 8.67. The Hall–Kier alpha value is 0.270. The lowest BCUT2D eigenvalue weighted by Crippen LogP contribution is -2.50. The molecule has 2 aliphatic rings. The monoisotopic (exact) mass is 484 g/mol. The van der Waals surface area contributed by atoms with E-state index in [0.717, 1.165) is 51.8 Å². The molecule has 0 amide bonds. The van der Waals surface area contributed by atoms with E-state index in [4.69, 9.17) is 9.73 Å². The number of nitrogens with one attached hydrogen (secondary N) is 2. The fraction of sp³-hybridized carbons (Fsp3) is 0.944. The molecule has 7 heteroatoms. The van der Waals surface area contributed by atoms with Gasteiger partial charge in [-0.1, -0.05) is 13.8 Å². The van der Waals surface area contributed by atoms with Gasteiger partial charge in [-0.15, -0.1) is 24.0 Å². The van der Waals surface area contributed by atoms with Crippen molar-refractivity contribution in [1.29, 1.82) is 0 Å². The highest BCUT2D eigenvalue weighted by Gasteiger charge is 2.29. The van der Waals surface area contributed by atoms with Gasteiger partial charge in [0.05, 0.1) is 19.3 Å². The summed E-state index contributed by atoms with van der Waals surface area (Å²) >= 11 is 2.06. The largest absolute Gasteiger partial charge is 0.374 e. The quantitative estimate of drug-likeness (QED) is 0.331. The van der Waals surface area contributed by atoms with Crippen LogP contribution in [0.25, 0.3) is 0 Å². The molecule has 2 aliphatic heterocycles. The van der Waals surface area contributed by atoms with Gasteiger partial charge in [-0.2, -0.15) is 11.8 Å². The lowest BCUT2D eigenvalue weighted by atomic mass is 10.1. The summed E-state index contributed by atoms with van der Waals surface area (Å²) in [5, 5.41) is 6.85. The number of hydrogen-bond donors (Lipinski definition) is 2. The van der Waals surface area contributed by atoms with Crippen molar-refractivity contribution in [1.82, 2.24) is 15.5 Å². The van der Waals surface area contributed by atoms with E-state index in [9.17, 15) is 0 Å². The Balaban J connectivity index is 0.00000312. The van der Waals surface area contributed by atoms with E-state index in [2.05, 4.69) is 55.0 Å². The minimum absolute atomic E-state index is 0. The van der Waals surface area contributed by atoms with Gasteiger partial charge in [-0.3, -0.25) is 9.89 Å². The summed E-state index contributed by atoms with van der Waals surface area (Å²) in [6, 6.07) is 0. The van der Waals surface area contributed by atoms with Gasteiger partial charge in [0.25, 0.3) is 0 Å². The van der Waals surface area contributed by atoms with Gasteiger partial charge < -0.3 is 15.4 Å². The number of guanidine groups is 1. The van der Waals surface area contributed by atoms with Crippen molar-refractivity contribution in [2.24, 2.45) is 10.9 Å². The smallest absolute Gasteiger partial charge is 0.191 e. The van der Waals surface area contributed by atoms with E-state index in [-0.39, 0.29) is 30.1 Å². The maximum absolute atomic E-state index is 5.93. The zero-order chi connectivity index (χ0) is 17.4. The Bertz CT molecular complexity index is 403. The van der Waals surface area contributed by atoms with E-state index in [1.54, 1.807) is 0 Å². The molecule has 0 spiro atoms. The van der Waals surface area contributed by atoms with E-state index in [1.807, 2.05) is 0 Å². The van der Waals surface area contributed by atoms with E-state index in [0.29, 0.717) is 10.7 Å². The zero-order valence-electron chi connectivity index (χ0n) is 16.3. The summed E-state index contributed by atoms with van der Waals surface area (Å²) in [6.45, 7) is 15.7. The van der Waals surface area contributed by atoms with Crippen molar-refractivity contribution >= 4 is 41.7 Å². The van der Waals surface area contributed by atoms with Crippen LogP contribution in [0.5, 0.6) is 0 Å². The highest BCUT2D eigenvalue weighted by Crippen LogP contribution is 2.37. The lowest BCUT2D eigenvalue weighted by molar-refractivity contribution is -0.0284. The second-order valence-corrected chi connectivity index (χ2v) is 9.31. The first-order valence-corrected chi connectivity index (χ1v) is 10.5. The third-order valence-corrected chi connectivity index (χ3v) is 6.08. The van der Waals surface area contributed by atoms with Crippen LogP contribution in [0.2, 0.25) is 0 Å². The molecule has 0 aromatic rings. The van der Waals surface area contributed by atoms with Crippen LogP contribution in [0.4, 0.5) is 0 Å². The summed E-state index contributed by atoms with van der Waals surface area (Å²) in [5.41, 5.74) is 0. The van der Waals surface area contributed by atoms with Crippen LogP contribution in [0.15, 0.2) is 4.99 Å². The topological polar surface area (TPSA) is 48.9 Å². The number of morpholine rings is 1. The second-order valence-electron chi connectivity index (χ2n) is 7.62. The molecule has 0 saturated carbocycles. The molecular formula is C18H37IN4OS. The van der Waals surface area contributed by atoms with Crippen LogP contribution in [0.1, 0.15) is 40.5 Å². The molecule has 5 nitrogen and oxygen atoms in total. The molecule has 2 saturated heterocycles. The van der Waals surface area contributed by atoms with E-state index < -0.39 is 0 Å². The maximum Gasteiger partial charge on any atom is 0.191 e. The minimum Gasteiger partial charge on any atom is -0.374 e. The van der Waals surface area contributed by atoms with Gasteiger partial charge >= 0.3 is 0 Å². The highest BCUT2D eigenvalue weighted by atomic mass is 127. The van der Waals surface area contributed by atoms with Crippen LogP contribution in [0.3, 0.4) is 0 Å². The number of hydrogen-bond acceptors (Lipinski definition) is 4. The van der Waals surface area contributed by atoms with Crippen molar-refractivity contribution in [3.05, 3.63) is 0 Å². The maximum atomic E-state index is 5.93. The molecule has 0 aromatic carbocycles. The summed E-state index contributed by atoms with van der Waals surface area (Å²) in [7, 11) is 0. The normalized spacial score (nSPS) is 28.0. The molecule has 2 N–H and O–H groups in total. The SMILES string of the molecule is CCNC(=NCC1(C)CCCS1)NCC1CN(CC(C)C)CCO1.I. The first kappa shape index (κ1) is 23.3. The molecule has 0 bridgehead atoms. The van der Waals surface area contributed by atoms with Crippen molar-refractivity contribution in [2.45, 2.75) is 51.4 Å². The number of halogens is 1. The fourth-order valence-corrected chi connectivity index (χ4v) is 4.57. The molecule has 25 heavy (non-hydrogen) atoms. The molecule has 2 fully saturated rings. The molecule has 2 atom stereocenters. The molecule has 0 radical (unpaired) electrons.